The summed E-state index contributed by atoms with van der Waals surface area (Å²) in [4.78, 5) is 11.3. The Kier molecular flexibility index (Phi) is 3.14. The summed E-state index contributed by atoms with van der Waals surface area (Å²) in [5.74, 6) is -0.165. The fourth-order valence-electron chi connectivity index (χ4n) is 1.31. The van der Waals surface area contributed by atoms with Gasteiger partial charge in [-0.25, -0.2) is 4.79 Å². The van der Waals surface area contributed by atoms with Crippen molar-refractivity contribution in [2.75, 3.05) is 13.2 Å². The molecule has 1 aliphatic rings. The van der Waals surface area contributed by atoms with E-state index in [9.17, 15) is 4.79 Å². The topological polar surface area (TPSA) is 38.3 Å². The maximum atomic E-state index is 11.3. The van der Waals surface area contributed by atoms with Gasteiger partial charge < -0.3 is 10.1 Å². The van der Waals surface area contributed by atoms with Gasteiger partial charge in [0.2, 0.25) is 0 Å². The lowest BCUT2D eigenvalue weighted by Crippen LogP contribution is -2.24. The molecule has 0 saturated heterocycles. The SMILES string of the molecule is CCOC(=O)C1=C(C)NCCC1. The zero-order valence-corrected chi connectivity index (χ0v) is 7.64. The summed E-state index contributed by atoms with van der Waals surface area (Å²) in [5, 5.41) is 3.15. The summed E-state index contributed by atoms with van der Waals surface area (Å²) < 4.78 is 4.91. The van der Waals surface area contributed by atoms with Crippen LogP contribution in [-0.4, -0.2) is 19.1 Å². The van der Waals surface area contributed by atoms with Crippen LogP contribution < -0.4 is 5.32 Å². The van der Waals surface area contributed by atoms with Crippen molar-refractivity contribution in [3.63, 3.8) is 0 Å². The van der Waals surface area contributed by atoms with E-state index in [0.717, 1.165) is 30.7 Å². The second-order valence-corrected chi connectivity index (χ2v) is 2.85. The van der Waals surface area contributed by atoms with Crippen molar-refractivity contribution in [2.45, 2.75) is 26.7 Å². The molecule has 1 aliphatic heterocycles. The normalized spacial score (nSPS) is 17.2. The number of allylic oxidation sites excluding steroid dienone is 1. The fourth-order valence-corrected chi connectivity index (χ4v) is 1.31. The molecular weight excluding hydrogens is 154 g/mol. The molecule has 68 valence electrons. The molecule has 1 N–H and O–H groups in total. The van der Waals surface area contributed by atoms with Crippen LogP contribution in [0.2, 0.25) is 0 Å². The quantitative estimate of drug-likeness (QED) is 0.631. The number of rotatable bonds is 2. The summed E-state index contributed by atoms with van der Waals surface area (Å²) in [7, 11) is 0. The van der Waals surface area contributed by atoms with E-state index >= 15 is 0 Å². The number of hydrogen-bond donors (Lipinski definition) is 1. The highest BCUT2D eigenvalue weighted by Crippen LogP contribution is 2.15. The van der Waals surface area contributed by atoms with Crippen LogP contribution in [0.15, 0.2) is 11.3 Å². The van der Waals surface area contributed by atoms with E-state index in [1.807, 2.05) is 13.8 Å². The lowest BCUT2D eigenvalue weighted by atomic mass is 10.1. The van der Waals surface area contributed by atoms with Gasteiger partial charge in [-0.15, -0.1) is 0 Å². The minimum Gasteiger partial charge on any atom is -0.463 e. The second-order valence-electron chi connectivity index (χ2n) is 2.85. The molecule has 1 heterocycles. The average molecular weight is 169 g/mol. The number of ether oxygens (including phenoxy) is 1. The van der Waals surface area contributed by atoms with Crippen molar-refractivity contribution < 1.29 is 9.53 Å². The molecule has 0 spiro atoms. The third-order valence-corrected chi connectivity index (χ3v) is 1.97. The van der Waals surface area contributed by atoms with Gasteiger partial charge in [0.05, 0.1) is 12.2 Å². The lowest BCUT2D eigenvalue weighted by molar-refractivity contribution is -0.138. The predicted octanol–water partition coefficient (Wildman–Crippen LogP) is 1.21. The number of esters is 1. The van der Waals surface area contributed by atoms with E-state index < -0.39 is 0 Å². The van der Waals surface area contributed by atoms with Gasteiger partial charge in [0.25, 0.3) is 0 Å². The summed E-state index contributed by atoms with van der Waals surface area (Å²) in [6, 6.07) is 0. The Morgan fingerprint density at radius 2 is 2.42 bits per heavy atom. The van der Waals surface area contributed by atoms with Gasteiger partial charge in [-0.2, -0.15) is 0 Å². The van der Waals surface area contributed by atoms with Crippen molar-refractivity contribution in [3.8, 4) is 0 Å². The third-order valence-electron chi connectivity index (χ3n) is 1.97. The predicted molar refractivity (Wildman–Crippen MR) is 46.6 cm³/mol. The summed E-state index contributed by atoms with van der Waals surface area (Å²) >= 11 is 0. The molecule has 0 aromatic carbocycles. The van der Waals surface area contributed by atoms with E-state index in [1.165, 1.54) is 0 Å². The highest BCUT2D eigenvalue weighted by atomic mass is 16.5. The number of nitrogens with one attached hydrogen (secondary N) is 1. The zero-order chi connectivity index (χ0) is 8.97. The molecule has 0 bridgehead atoms. The molecule has 0 atom stereocenters. The Morgan fingerprint density at radius 1 is 1.67 bits per heavy atom. The number of carbonyl (C=O) groups is 1. The van der Waals surface area contributed by atoms with E-state index in [1.54, 1.807) is 0 Å². The van der Waals surface area contributed by atoms with Crippen LogP contribution in [0.3, 0.4) is 0 Å². The van der Waals surface area contributed by atoms with Crippen LogP contribution in [0.4, 0.5) is 0 Å². The molecule has 1 rings (SSSR count). The maximum absolute atomic E-state index is 11.3. The second kappa shape index (κ2) is 4.14. The Morgan fingerprint density at radius 3 is 3.00 bits per heavy atom. The molecule has 0 saturated carbocycles. The average Bonchev–Trinajstić information content (AvgIpc) is 2.05. The van der Waals surface area contributed by atoms with Crippen LogP contribution >= 0.6 is 0 Å². The molecular formula is C9H15NO2. The zero-order valence-electron chi connectivity index (χ0n) is 7.64. The van der Waals surface area contributed by atoms with Gasteiger partial charge in [0, 0.05) is 12.2 Å². The van der Waals surface area contributed by atoms with Crippen molar-refractivity contribution in [3.05, 3.63) is 11.3 Å². The highest BCUT2D eigenvalue weighted by molar-refractivity contribution is 5.89. The van der Waals surface area contributed by atoms with Crippen molar-refractivity contribution in [2.24, 2.45) is 0 Å². The van der Waals surface area contributed by atoms with Crippen molar-refractivity contribution in [1.29, 1.82) is 0 Å². The third kappa shape index (κ3) is 2.00. The molecule has 3 nitrogen and oxygen atoms in total. The monoisotopic (exact) mass is 169 g/mol. The van der Waals surface area contributed by atoms with E-state index in [4.69, 9.17) is 4.74 Å². The first-order valence-corrected chi connectivity index (χ1v) is 4.36. The summed E-state index contributed by atoms with van der Waals surface area (Å²) in [6.45, 7) is 5.17. The Hall–Kier alpha value is -0.990. The van der Waals surface area contributed by atoms with E-state index in [0.29, 0.717) is 6.61 Å². The Labute approximate surface area is 72.8 Å². The van der Waals surface area contributed by atoms with Crippen molar-refractivity contribution in [1.82, 2.24) is 5.32 Å². The number of carbonyl (C=O) groups excluding carboxylic acids is 1. The van der Waals surface area contributed by atoms with Crippen molar-refractivity contribution >= 4 is 5.97 Å². The van der Waals surface area contributed by atoms with Crippen LogP contribution in [-0.2, 0) is 9.53 Å². The maximum Gasteiger partial charge on any atom is 0.335 e. The first-order chi connectivity index (χ1) is 5.75. The van der Waals surface area contributed by atoms with Gasteiger partial charge in [-0.05, 0) is 26.7 Å². The molecule has 0 unspecified atom stereocenters. The molecule has 0 fully saturated rings. The van der Waals surface area contributed by atoms with Gasteiger partial charge in [0.1, 0.15) is 0 Å². The lowest BCUT2D eigenvalue weighted by Gasteiger charge is -2.17. The summed E-state index contributed by atoms with van der Waals surface area (Å²) in [6.07, 6.45) is 1.86. The van der Waals surface area contributed by atoms with Gasteiger partial charge in [0.15, 0.2) is 0 Å². The molecule has 12 heavy (non-hydrogen) atoms. The Balaban J connectivity index is 2.64. The molecule has 0 aliphatic carbocycles. The molecule has 0 aromatic rings. The highest BCUT2D eigenvalue weighted by Gasteiger charge is 2.16. The van der Waals surface area contributed by atoms with Gasteiger partial charge in [-0.1, -0.05) is 0 Å². The molecule has 3 heteroatoms. The Bertz CT molecular complexity index is 209. The minimum atomic E-state index is -0.165. The molecule has 0 radical (unpaired) electrons. The van der Waals surface area contributed by atoms with Crippen LogP contribution in [0.1, 0.15) is 26.7 Å². The largest absolute Gasteiger partial charge is 0.463 e. The van der Waals surface area contributed by atoms with Crippen LogP contribution in [0.25, 0.3) is 0 Å². The van der Waals surface area contributed by atoms with Crippen LogP contribution in [0, 0.1) is 0 Å². The molecule has 0 amide bonds. The van der Waals surface area contributed by atoms with Gasteiger partial charge >= 0.3 is 5.97 Å². The van der Waals surface area contributed by atoms with Crippen LogP contribution in [0.5, 0.6) is 0 Å². The minimum absolute atomic E-state index is 0.165. The first kappa shape index (κ1) is 9.10. The molecule has 0 aromatic heterocycles. The van der Waals surface area contributed by atoms with E-state index in [-0.39, 0.29) is 5.97 Å². The smallest absolute Gasteiger partial charge is 0.335 e. The van der Waals surface area contributed by atoms with Gasteiger partial charge in [-0.3, -0.25) is 0 Å². The first-order valence-electron chi connectivity index (χ1n) is 4.36. The number of hydrogen-bond acceptors (Lipinski definition) is 3. The van der Waals surface area contributed by atoms with E-state index in [2.05, 4.69) is 5.32 Å². The standard InChI is InChI=1S/C9H15NO2/c1-3-12-9(11)8-5-4-6-10-7(8)2/h10H,3-6H2,1-2H3. The fraction of sp³-hybridized carbons (Fsp3) is 0.667. The summed E-state index contributed by atoms with van der Waals surface area (Å²) in [5.41, 5.74) is 1.78.